The van der Waals surface area contributed by atoms with Crippen molar-refractivity contribution in [2.45, 2.75) is 0 Å². The fourth-order valence-electron chi connectivity index (χ4n) is 0.944. The summed E-state index contributed by atoms with van der Waals surface area (Å²) < 4.78 is 4.02. The van der Waals surface area contributed by atoms with Gasteiger partial charge in [0.1, 0.15) is 0 Å². The SMILES string of the molecule is [CH]1=Cc2cccc[c]2[Bi]1. The first-order valence-corrected chi connectivity index (χ1v) is 6.68. The zero-order valence-electron chi connectivity index (χ0n) is 4.91. The Labute approximate surface area is 66.2 Å². The molecule has 43 valence electrons. The predicted octanol–water partition coefficient (Wildman–Crippen LogP) is 1.00. The Bertz CT molecular complexity index is 250. The van der Waals surface area contributed by atoms with E-state index in [1.807, 2.05) is 0 Å². The van der Waals surface area contributed by atoms with Crippen molar-refractivity contribution in [1.82, 2.24) is 0 Å². The number of rotatable bonds is 0. The fraction of sp³-hybridized carbons (Fsp3) is 0. The molecule has 0 N–H and O–H groups in total. The van der Waals surface area contributed by atoms with E-state index in [4.69, 9.17) is 0 Å². The minimum atomic E-state index is -0.322. The van der Waals surface area contributed by atoms with Crippen molar-refractivity contribution >= 4 is 32.6 Å². The molecule has 1 aromatic carbocycles. The van der Waals surface area contributed by atoms with Crippen LogP contribution in [0.3, 0.4) is 0 Å². The molecule has 9 heavy (non-hydrogen) atoms. The normalized spacial score (nSPS) is 13.8. The van der Waals surface area contributed by atoms with Crippen molar-refractivity contribution in [2.75, 3.05) is 0 Å². The summed E-state index contributed by atoms with van der Waals surface area (Å²) in [6.45, 7) is 0. The van der Waals surface area contributed by atoms with E-state index in [1.165, 1.54) is 5.56 Å². The van der Waals surface area contributed by atoms with Gasteiger partial charge in [-0.25, -0.2) is 0 Å². The molecule has 0 nitrogen and oxygen atoms in total. The number of hydrogen-bond donors (Lipinski definition) is 0. The van der Waals surface area contributed by atoms with Crippen LogP contribution in [0.1, 0.15) is 5.56 Å². The van der Waals surface area contributed by atoms with Crippen LogP contribution >= 0.6 is 0 Å². The molecule has 0 saturated carbocycles. The second kappa shape index (κ2) is 2.23. The van der Waals surface area contributed by atoms with Crippen LogP contribution in [0.2, 0.25) is 0 Å². The molecule has 0 atom stereocenters. The summed E-state index contributed by atoms with van der Waals surface area (Å²) >= 11 is -0.322. The van der Waals surface area contributed by atoms with Gasteiger partial charge in [0.15, 0.2) is 0 Å². The topological polar surface area (TPSA) is 0 Å². The number of benzene rings is 1. The Kier molecular flexibility index (Phi) is 1.39. The quantitative estimate of drug-likeness (QED) is 0.627. The summed E-state index contributed by atoms with van der Waals surface area (Å²) in [5, 5.41) is 0. The average molecular weight is 311 g/mol. The third-order valence-corrected chi connectivity index (χ3v) is 5.23. The molecule has 0 fully saturated rings. The number of hydrogen-bond acceptors (Lipinski definition) is 0. The zero-order chi connectivity index (χ0) is 6.10. The maximum absolute atomic E-state index is 2.38. The molecule has 0 bridgehead atoms. The Balaban J connectivity index is 2.63. The van der Waals surface area contributed by atoms with Crippen molar-refractivity contribution in [3.05, 3.63) is 33.6 Å². The van der Waals surface area contributed by atoms with E-state index in [9.17, 15) is 0 Å². The monoisotopic (exact) mass is 311 g/mol. The van der Waals surface area contributed by atoms with E-state index in [0.29, 0.717) is 0 Å². The summed E-state index contributed by atoms with van der Waals surface area (Å²) in [7, 11) is 0. The molecule has 0 saturated heterocycles. The Morgan fingerprint density at radius 2 is 2.00 bits per heavy atom. The van der Waals surface area contributed by atoms with Crippen LogP contribution in [-0.4, -0.2) is 23.2 Å². The Morgan fingerprint density at radius 1 is 1.11 bits per heavy atom. The van der Waals surface area contributed by atoms with Crippen LogP contribution in [-0.2, 0) is 0 Å². The number of fused-ring (bicyclic) bond motifs is 1. The van der Waals surface area contributed by atoms with Crippen molar-refractivity contribution in [3.8, 4) is 0 Å². The van der Waals surface area contributed by atoms with Crippen LogP contribution in [0.4, 0.5) is 0 Å². The molecule has 0 aromatic heterocycles. The van der Waals surface area contributed by atoms with Crippen molar-refractivity contribution in [1.29, 1.82) is 0 Å². The van der Waals surface area contributed by atoms with Gasteiger partial charge >= 0.3 is 66.2 Å². The van der Waals surface area contributed by atoms with Crippen molar-refractivity contribution < 1.29 is 0 Å². The molecule has 1 aliphatic rings. The van der Waals surface area contributed by atoms with E-state index >= 15 is 0 Å². The van der Waals surface area contributed by atoms with Gasteiger partial charge < -0.3 is 0 Å². The van der Waals surface area contributed by atoms with Gasteiger partial charge in [0, 0.05) is 0 Å². The molecular formula is C8H6Bi. The first-order valence-electron chi connectivity index (χ1n) is 2.93. The molecule has 1 radical (unpaired) electrons. The molecule has 0 unspecified atom stereocenters. The van der Waals surface area contributed by atoms with Crippen LogP contribution in [0.15, 0.2) is 28.0 Å². The molecule has 2 rings (SSSR count). The van der Waals surface area contributed by atoms with Gasteiger partial charge in [0.25, 0.3) is 0 Å². The van der Waals surface area contributed by atoms with Crippen LogP contribution in [0.5, 0.6) is 0 Å². The zero-order valence-corrected chi connectivity index (χ0v) is 8.39. The Morgan fingerprint density at radius 3 is 2.89 bits per heavy atom. The summed E-state index contributed by atoms with van der Waals surface area (Å²) in [4.78, 5) is 0. The summed E-state index contributed by atoms with van der Waals surface area (Å²) in [6, 6.07) is 8.69. The van der Waals surface area contributed by atoms with Crippen molar-refractivity contribution in [3.63, 3.8) is 0 Å². The van der Waals surface area contributed by atoms with Gasteiger partial charge in [-0.15, -0.1) is 0 Å². The van der Waals surface area contributed by atoms with E-state index in [1.54, 1.807) is 3.27 Å². The van der Waals surface area contributed by atoms with Gasteiger partial charge in [0.2, 0.25) is 0 Å². The maximum atomic E-state index is 2.38. The van der Waals surface area contributed by atoms with Gasteiger partial charge in [0.05, 0.1) is 0 Å². The first-order chi connectivity index (χ1) is 4.47. The molecule has 0 aliphatic carbocycles. The summed E-state index contributed by atoms with van der Waals surface area (Å²) in [5.74, 6) is 0. The molecule has 1 heterocycles. The second-order valence-electron chi connectivity index (χ2n) is 2.00. The third kappa shape index (κ3) is 0.944. The molecule has 0 spiro atoms. The molecule has 0 amide bonds. The van der Waals surface area contributed by atoms with Crippen molar-refractivity contribution in [2.24, 2.45) is 0 Å². The summed E-state index contributed by atoms with van der Waals surface area (Å²) in [6.07, 6.45) is 2.26. The van der Waals surface area contributed by atoms with E-state index in [2.05, 4.69) is 34.1 Å². The van der Waals surface area contributed by atoms with Gasteiger partial charge in [-0.05, 0) is 0 Å². The second-order valence-corrected chi connectivity index (χ2v) is 6.04. The van der Waals surface area contributed by atoms with Gasteiger partial charge in [-0.1, -0.05) is 0 Å². The molecule has 1 aromatic rings. The van der Waals surface area contributed by atoms with Gasteiger partial charge in [-0.3, -0.25) is 0 Å². The van der Waals surface area contributed by atoms with E-state index in [0.717, 1.165) is 0 Å². The van der Waals surface area contributed by atoms with Crippen LogP contribution in [0.25, 0.3) is 6.08 Å². The average Bonchev–Trinajstić information content (AvgIpc) is 2.33. The van der Waals surface area contributed by atoms with E-state index in [-0.39, 0.29) is 23.2 Å². The van der Waals surface area contributed by atoms with Crippen LogP contribution < -0.4 is 3.27 Å². The van der Waals surface area contributed by atoms with Gasteiger partial charge in [-0.2, -0.15) is 0 Å². The minimum absolute atomic E-state index is 0.322. The summed E-state index contributed by atoms with van der Waals surface area (Å²) in [5.41, 5.74) is 1.47. The molecule has 1 aliphatic heterocycles. The van der Waals surface area contributed by atoms with Crippen LogP contribution in [0, 0.1) is 0 Å². The standard InChI is InChI=1S/C8H6.Bi/c1-2-8-6-4-3-5-7-8;/h1-6H;. The predicted molar refractivity (Wildman–Crippen MR) is 40.9 cm³/mol. The Hall–Kier alpha value is -0.157. The molecular weight excluding hydrogens is 305 g/mol. The first kappa shape index (κ1) is 5.61. The molecule has 1 heteroatoms. The third-order valence-electron chi connectivity index (χ3n) is 1.40. The fourth-order valence-corrected chi connectivity index (χ4v) is 4.31. The van der Waals surface area contributed by atoms with E-state index < -0.39 is 0 Å².